The highest BCUT2D eigenvalue weighted by Crippen LogP contribution is 2.14. The van der Waals surface area contributed by atoms with Gasteiger partial charge in [-0.1, -0.05) is 6.07 Å². The van der Waals surface area contributed by atoms with Crippen molar-refractivity contribution in [2.45, 2.75) is 26.7 Å². The van der Waals surface area contributed by atoms with Crippen molar-refractivity contribution in [3.8, 4) is 0 Å². The molecule has 1 fully saturated rings. The van der Waals surface area contributed by atoms with Crippen LogP contribution in [0, 0.1) is 13.8 Å². The SMILES string of the molecule is C1CCSC1.Cc1cccc(C)n1. The summed E-state index contributed by atoms with van der Waals surface area (Å²) in [4.78, 5) is 4.17. The molecule has 1 aromatic heterocycles. The Balaban J connectivity index is 0.000000145. The normalized spacial score (nSPS) is 14.9. The van der Waals surface area contributed by atoms with E-state index in [1.54, 1.807) is 0 Å². The highest BCUT2D eigenvalue weighted by atomic mass is 32.2. The van der Waals surface area contributed by atoms with Crippen LogP contribution in [0.3, 0.4) is 0 Å². The zero-order valence-corrected chi connectivity index (χ0v) is 9.23. The zero-order valence-electron chi connectivity index (χ0n) is 8.42. The lowest BCUT2D eigenvalue weighted by molar-refractivity contribution is 0.949. The molecule has 0 radical (unpaired) electrons. The molecular formula is C11H17NS. The second-order valence-corrected chi connectivity index (χ2v) is 4.46. The molecule has 0 N–H and O–H groups in total. The summed E-state index contributed by atoms with van der Waals surface area (Å²) in [6.07, 6.45) is 2.93. The van der Waals surface area contributed by atoms with Crippen molar-refractivity contribution in [3.63, 3.8) is 0 Å². The molecule has 0 saturated carbocycles. The van der Waals surface area contributed by atoms with Crippen LogP contribution in [0.25, 0.3) is 0 Å². The minimum Gasteiger partial charge on any atom is -0.258 e. The van der Waals surface area contributed by atoms with Crippen LogP contribution in [0.15, 0.2) is 18.2 Å². The monoisotopic (exact) mass is 195 g/mol. The van der Waals surface area contributed by atoms with E-state index in [2.05, 4.69) is 16.7 Å². The van der Waals surface area contributed by atoms with Gasteiger partial charge in [-0.05, 0) is 50.3 Å². The first-order chi connectivity index (χ1) is 6.29. The predicted octanol–water partition coefficient (Wildman–Crippen LogP) is 3.21. The lowest BCUT2D eigenvalue weighted by Crippen LogP contribution is -1.81. The number of thioether (sulfide) groups is 1. The van der Waals surface area contributed by atoms with Gasteiger partial charge >= 0.3 is 0 Å². The Morgan fingerprint density at radius 2 is 1.62 bits per heavy atom. The molecule has 0 aliphatic carbocycles. The van der Waals surface area contributed by atoms with E-state index in [4.69, 9.17) is 0 Å². The minimum absolute atomic E-state index is 1.09. The van der Waals surface area contributed by atoms with Gasteiger partial charge in [-0.3, -0.25) is 4.98 Å². The van der Waals surface area contributed by atoms with Gasteiger partial charge in [0.2, 0.25) is 0 Å². The van der Waals surface area contributed by atoms with Gasteiger partial charge in [0.05, 0.1) is 0 Å². The lowest BCUT2D eigenvalue weighted by atomic mass is 10.3. The zero-order chi connectivity index (χ0) is 9.52. The van der Waals surface area contributed by atoms with E-state index in [0.717, 1.165) is 11.4 Å². The maximum atomic E-state index is 4.17. The molecule has 2 rings (SSSR count). The fourth-order valence-electron chi connectivity index (χ4n) is 1.19. The quantitative estimate of drug-likeness (QED) is 0.630. The van der Waals surface area contributed by atoms with Crippen molar-refractivity contribution in [1.82, 2.24) is 4.98 Å². The number of hydrogen-bond acceptors (Lipinski definition) is 2. The first kappa shape index (κ1) is 10.6. The maximum absolute atomic E-state index is 4.17. The standard InChI is InChI=1S/C7H9N.C4H8S/c1-6-4-3-5-7(2)8-6;1-2-4-5-3-1/h3-5H,1-2H3;1-4H2. The highest BCUT2D eigenvalue weighted by molar-refractivity contribution is 7.99. The van der Waals surface area contributed by atoms with Gasteiger partial charge in [0.25, 0.3) is 0 Å². The number of nitrogens with zero attached hydrogens (tertiary/aromatic N) is 1. The topological polar surface area (TPSA) is 12.9 Å². The lowest BCUT2D eigenvalue weighted by Gasteiger charge is -1.90. The van der Waals surface area contributed by atoms with Gasteiger partial charge in [0.1, 0.15) is 0 Å². The fraction of sp³-hybridized carbons (Fsp3) is 0.545. The molecule has 13 heavy (non-hydrogen) atoms. The van der Waals surface area contributed by atoms with E-state index < -0.39 is 0 Å². The highest BCUT2D eigenvalue weighted by Gasteiger charge is 1.95. The van der Waals surface area contributed by atoms with Crippen molar-refractivity contribution in [1.29, 1.82) is 0 Å². The van der Waals surface area contributed by atoms with Crippen LogP contribution in [0.2, 0.25) is 0 Å². The van der Waals surface area contributed by atoms with Crippen LogP contribution in [0.4, 0.5) is 0 Å². The smallest absolute Gasteiger partial charge is 0.0375 e. The number of hydrogen-bond donors (Lipinski definition) is 0. The maximum Gasteiger partial charge on any atom is 0.0375 e. The Kier molecular flexibility index (Phi) is 4.91. The van der Waals surface area contributed by atoms with Gasteiger partial charge < -0.3 is 0 Å². The molecule has 1 nitrogen and oxygen atoms in total. The second kappa shape index (κ2) is 6.03. The van der Waals surface area contributed by atoms with Crippen molar-refractivity contribution >= 4 is 11.8 Å². The first-order valence-electron chi connectivity index (χ1n) is 4.77. The summed E-state index contributed by atoms with van der Waals surface area (Å²) < 4.78 is 0. The Labute approximate surface area is 85.0 Å². The average molecular weight is 195 g/mol. The Hall–Kier alpha value is -0.500. The molecule has 0 aromatic carbocycles. The van der Waals surface area contributed by atoms with Crippen molar-refractivity contribution in [2.75, 3.05) is 11.5 Å². The average Bonchev–Trinajstić information content (AvgIpc) is 2.59. The fourth-order valence-corrected chi connectivity index (χ4v) is 2.21. The third-order valence-electron chi connectivity index (χ3n) is 1.85. The van der Waals surface area contributed by atoms with Crippen LogP contribution < -0.4 is 0 Å². The molecule has 0 atom stereocenters. The molecule has 0 spiro atoms. The molecule has 1 aromatic rings. The van der Waals surface area contributed by atoms with Crippen LogP contribution in [0.5, 0.6) is 0 Å². The van der Waals surface area contributed by atoms with E-state index in [0.29, 0.717) is 0 Å². The Bertz CT molecular complexity index is 219. The first-order valence-corrected chi connectivity index (χ1v) is 5.92. The van der Waals surface area contributed by atoms with Crippen molar-refractivity contribution in [2.24, 2.45) is 0 Å². The van der Waals surface area contributed by atoms with E-state index in [1.165, 1.54) is 24.3 Å². The van der Waals surface area contributed by atoms with Crippen LogP contribution in [-0.4, -0.2) is 16.5 Å². The van der Waals surface area contributed by atoms with Gasteiger partial charge in [-0.15, -0.1) is 0 Å². The predicted molar refractivity (Wildman–Crippen MR) is 60.3 cm³/mol. The minimum atomic E-state index is 1.09. The molecule has 1 saturated heterocycles. The van der Waals surface area contributed by atoms with Crippen molar-refractivity contribution < 1.29 is 0 Å². The molecule has 2 heteroatoms. The van der Waals surface area contributed by atoms with Gasteiger partial charge in [-0.25, -0.2) is 0 Å². The molecule has 0 bridgehead atoms. The summed E-state index contributed by atoms with van der Waals surface area (Å²) in [5, 5.41) is 0. The summed E-state index contributed by atoms with van der Waals surface area (Å²) >= 11 is 2.07. The van der Waals surface area contributed by atoms with E-state index in [1.807, 2.05) is 32.0 Å². The summed E-state index contributed by atoms with van der Waals surface area (Å²) in [5.74, 6) is 2.83. The number of rotatable bonds is 0. The molecular weight excluding hydrogens is 178 g/mol. The van der Waals surface area contributed by atoms with E-state index >= 15 is 0 Å². The van der Waals surface area contributed by atoms with Gasteiger partial charge in [-0.2, -0.15) is 11.8 Å². The van der Waals surface area contributed by atoms with Crippen LogP contribution >= 0.6 is 11.8 Å². The summed E-state index contributed by atoms with van der Waals surface area (Å²) in [6.45, 7) is 3.99. The molecule has 0 amide bonds. The Morgan fingerprint density at radius 3 is 1.85 bits per heavy atom. The number of aryl methyl sites for hydroxylation is 2. The summed E-state index contributed by atoms with van der Waals surface area (Å²) in [5.41, 5.74) is 2.18. The molecule has 0 unspecified atom stereocenters. The van der Waals surface area contributed by atoms with Crippen molar-refractivity contribution in [3.05, 3.63) is 29.6 Å². The largest absolute Gasteiger partial charge is 0.258 e. The number of pyridine rings is 1. The molecule has 2 heterocycles. The third-order valence-corrected chi connectivity index (χ3v) is 3.01. The second-order valence-electron chi connectivity index (χ2n) is 3.24. The molecule has 72 valence electrons. The van der Waals surface area contributed by atoms with Crippen LogP contribution in [0.1, 0.15) is 24.2 Å². The summed E-state index contributed by atoms with van der Waals surface area (Å²) in [7, 11) is 0. The van der Waals surface area contributed by atoms with Gasteiger partial charge in [0.15, 0.2) is 0 Å². The number of aromatic nitrogens is 1. The Morgan fingerprint density at radius 1 is 1.08 bits per heavy atom. The molecule has 1 aliphatic rings. The van der Waals surface area contributed by atoms with E-state index in [9.17, 15) is 0 Å². The van der Waals surface area contributed by atoms with Crippen LogP contribution in [-0.2, 0) is 0 Å². The molecule has 1 aliphatic heterocycles. The van der Waals surface area contributed by atoms with Gasteiger partial charge in [0, 0.05) is 11.4 Å². The summed E-state index contributed by atoms with van der Waals surface area (Å²) in [6, 6.07) is 6.00. The van der Waals surface area contributed by atoms with E-state index in [-0.39, 0.29) is 0 Å². The third kappa shape index (κ3) is 4.94.